The van der Waals surface area contributed by atoms with Gasteiger partial charge in [0.25, 0.3) is 0 Å². The molecule has 0 atom stereocenters. The molecular weight excluding hydrogens is 183 g/mol. The lowest BCUT2D eigenvalue weighted by molar-refractivity contribution is -0.111. The number of allylic oxidation sites excluding steroid dienone is 1. The van der Waals surface area contributed by atoms with Crippen molar-refractivity contribution in [2.24, 2.45) is 0 Å². The molecule has 0 bridgehead atoms. The van der Waals surface area contributed by atoms with Gasteiger partial charge in [-0.25, -0.2) is 4.39 Å². The molecule has 0 N–H and O–H groups in total. The molecule has 0 aromatic heterocycles. The zero-order chi connectivity index (χ0) is 10.7. The SMILES string of the molecule is C=C(C(C)=O)c1cc(F)ccc1OC. The van der Waals surface area contributed by atoms with Crippen LogP contribution in [0.4, 0.5) is 4.39 Å². The number of hydrogen-bond donors (Lipinski definition) is 0. The highest BCUT2D eigenvalue weighted by atomic mass is 19.1. The van der Waals surface area contributed by atoms with Gasteiger partial charge in [0.05, 0.1) is 7.11 Å². The summed E-state index contributed by atoms with van der Waals surface area (Å²) in [6.07, 6.45) is 0. The maximum absolute atomic E-state index is 12.9. The second kappa shape index (κ2) is 4.05. The van der Waals surface area contributed by atoms with Crippen LogP contribution in [0, 0.1) is 5.82 Å². The first-order valence-corrected chi connectivity index (χ1v) is 4.10. The van der Waals surface area contributed by atoms with Crippen LogP contribution >= 0.6 is 0 Å². The van der Waals surface area contributed by atoms with Crippen molar-refractivity contribution in [3.05, 3.63) is 36.2 Å². The van der Waals surface area contributed by atoms with E-state index in [1.54, 1.807) is 0 Å². The van der Waals surface area contributed by atoms with Crippen molar-refractivity contribution in [2.75, 3.05) is 7.11 Å². The maximum atomic E-state index is 12.9. The van der Waals surface area contributed by atoms with Gasteiger partial charge in [0.1, 0.15) is 11.6 Å². The lowest BCUT2D eigenvalue weighted by Gasteiger charge is -2.08. The molecule has 0 radical (unpaired) electrons. The minimum atomic E-state index is -0.414. The molecule has 2 nitrogen and oxygen atoms in total. The monoisotopic (exact) mass is 194 g/mol. The Hall–Kier alpha value is -1.64. The van der Waals surface area contributed by atoms with Crippen LogP contribution in [0.25, 0.3) is 5.57 Å². The zero-order valence-electron chi connectivity index (χ0n) is 8.13. The number of ether oxygens (including phenoxy) is 1. The highest BCUT2D eigenvalue weighted by molar-refractivity contribution is 6.19. The summed E-state index contributed by atoms with van der Waals surface area (Å²) in [7, 11) is 1.46. The first-order chi connectivity index (χ1) is 6.56. The van der Waals surface area contributed by atoms with Crippen LogP contribution in [-0.2, 0) is 4.79 Å². The predicted octanol–water partition coefficient (Wildman–Crippen LogP) is 2.44. The average molecular weight is 194 g/mol. The number of rotatable bonds is 3. The van der Waals surface area contributed by atoms with Crippen LogP contribution in [0.5, 0.6) is 5.75 Å². The van der Waals surface area contributed by atoms with Crippen molar-refractivity contribution in [3.63, 3.8) is 0 Å². The summed E-state index contributed by atoms with van der Waals surface area (Å²) in [6, 6.07) is 3.98. The first-order valence-electron chi connectivity index (χ1n) is 4.10. The largest absolute Gasteiger partial charge is 0.496 e. The van der Waals surface area contributed by atoms with Gasteiger partial charge in [0, 0.05) is 11.1 Å². The molecule has 0 aliphatic heterocycles. The highest BCUT2D eigenvalue weighted by Crippen LogP contribution is 2.26. The van der Waals surface area contributed by atoms with Crippen LogP contribution in [0.2, 0.25) is 0 Å². The molecule has 0 aliphatic carbocycles. The van der Waals surface area contributed by atoms with Crippen molar-refractivity contribution in [1.29, 1.82) is 0 Å². The van der Waals surface area contributed by atoms with E-state index in [1.807, 2.05) is 0 Å². The molecule has 3 heteroatoms. The third kappa shape index (κ3) is 1.99. The van der Waals surface area contributed by atoms with E-state index in [0.29, 0.717) is 11.3 Å². The van der Waals surface area contributed by atoms with Crippen LogP contribution in [0.15, 0.2) is 24.8 Å². The van der Waals surface area contributed by atoms with Crippen molar-refractivity contribution >= 4 is 11.4 Å². The topological polar surface area (TPSA) is 26.3 Å². The van der Waals surface area contributed by atoms with Crippen LogP contribution < -0.4 is 4.74 Å². The van der Waals surface area contributed by atoms with E-state index in [9.17, 15) is 9.18 Å². The second-order valence-corrected chi connectivity index (χ2v) is 2.88. The Labute approximate surface area is 82.0 Å². The number of Topliss-reactive ketones (excluding diaryl/α,β-unsaturated/α-hetero) is 1. The fourth-order valence-corrected chi connectivity index (χ4v) is 1.11. The van der Waals surface area contributed by atoms with Gasteiger partial charge >= 0.3 is 0 Å². The Morgan fingerprint density at radius 2 is 2.14 bits per heavy atom. The van der Waals surface area contributed by atoms with Gasteiger partial charge in [-0.3, -0.25) is 4.79 Å². The van der Waals surface area contributed by atoms with E-state index in [1.165, 1.54) is 32.2 Å². The molecular formula is C11H11FO2. The standard InChI is InChI=1S/C11H11FO2/c1-7(8(2)13)10-6-9(12)4-5-11(10)14-3/h4-6H,1H2,2-3H3. The Bertz CT molecular complexity index is 383. The number of carbonyl (C=O) groups is 1. The van der Waals surface area contributed by atoms with E-state index in [2.05, 4.69) is 6.58 Å². The van der Waals surface area contributed by atoms with E-state index in [-0.39, 0.29) is 11.4 Å². The summed E-state index contributed by atoms with van der Waals surface area (Å²) < 4.78 is 17.9. The summed E-state index contributed by atoms with van der Waals surface area (Å²) in [4.78, 5) is 11.0. The number of methoxy groups -OCH3 is 1. The molecule has 74 valence electrons. The Balaban J connectivity index is 3.23. The lowest BCUT2D eigenvalue weighted by Crippen LogP contribution is -1.98. The van der Waals surface area contributed by atoms with Gasteiger partial charge in [-0.2, -0.15) is 0 Å². The molecule has 1 aromatic rings. The van der Waals surface area contributed by atoms with E-state index in [4.69, 9.17) is 4.74 Å². The quantitative estimate of drug-likeness (QED) is 0.691. The molecule has 0 spiro atoms. The molecule has 1 rings (SSSR count). The third-order valence-corrected chi connectivity index (χ3v) is 1.91. The van der Waals surface area contributed by atoms with Gasteiger partial charge in [0.2, 0.25) is 0 Å². The normalized spacial score (nSPS) is 9.64. The third-order valence-electron chi connectivity index (χ3n) is 1.91. The average Bonchev–Trinajstić information content (AvgIpc) is 2.16. The Morgan fingerprint density at radius 3 is 2.64 bits per heavy atom. The van der Waals surface area contributed by atoms with Crippen molar-refractivity contribution in [3.8, 4) is 5.75 Å². The molecule has 0 saturated carbocycles. The maximum Gasteiger partial charge on any atom is 0.159 e. The second-order valence-electron chi connectivity index (χ2n) is 2.88. The molecule has 0 amide bonds. The fourth-order valence-electron chi connectivity index (χ4n) is 1.11. The molecule has 0 fully saturated rings. The fraction of sp³-hybridized carbons (Fsp3) is 0.182. The molecule has 0 aliphatic rings. The zero-order valence-corrected chi connectivity index (χ0v) is 8.13. The van der Waals surface area contributed by atoms with Crippen LogP contribution in [-0.4, -0.2) is 12.9 Å². The summed E-state index contributed by atoms with van der Waals surface area (Å²) in [5.74, 6) is -0.163. The Kier molecular flexibility index (Phi) is 3.02. The van der Waals surface area contributed by atoms with Gasteiger partial charge in [-0.1, -0.05) is 6.58 Å². The molecule has 1 aromatic carbocycles. The molecule has 14 heavy (non-hydrogen) atoms. The van der Waals surface area contributed by atoms with Gasteiger partial charge in [-0.15, -0.1) is 0 Å². The molecule has 0 heterocycles. The van der Waals surface area contributed by atoms with Gasteiger partial charge in [-0.05, 0) is 25.1 Å². The van der Waals surface area contributed by atoms with Crippen molar-refractivity contribution in [2.45, 2.75) is 6.92 Å². The summed E-state index contributed by atoms with van der Waals surface area (Å²) >= 11 is 0. The highest BCUT2D eigenvalue weighted by Gasteiger charge is 2.11. The first kappa shape index (κ1) is 10.4. The summed E-state index contributed by atoms with van der Waals surface area (Å²) in [5.41, 5.74) is 0.654. The smallest absolute Gasteiger partial charge is 0.159 e. The van der Waals surface area contributed by atoms with Crippen molar-refractivity contribution < 1.29 is 13.9 Å². The molecule has 0 unspecified atom stereocenters. The minimum absolute atomic E-state index is 0.200. The number of benzene rings is 1. The van der Waals surface area contributed by atoms with Gasteiger partial charge in [0.15, 0.2) is 5.78 Å². The lowest BCUT2D eigenvalue weighted by atomic mass is 10.0. The number of carbonyl (C=O) groups excluding carboxylic acids is 1. The number of halogens is 1. The van der Waals surface area contributed by atoms with E-state index in [0.717, 1.165) is 0 Å². The summed E-state index contributed by atoms with van der Waals surface area (Å²) in [6.45, 7) is 4.96. The predicted molar refractivity (Wildman–Crippen MR) is 52.7 cm³/mol. The number of hydrogen-bond acceptors (Lipinski definition) is 2. The van der Waals surface area contributed by atoms with Crippen LogP contribution in [0.3, 0.4) is 0 Å². The van der Waals surface area contributed by atoms with E-state index < -0.39 is 5.82 Å². The Morgan fingerprint density at radius 1 is 1.50 bits per heavy atom. The summed E-state index contributed by atoms with van der Waals surface area (Å²) in [5, 5.41) is 0. The minimum Gasteiger partial charge on any atom is -0.496 e. The van der Waals surface area contributed by atoms with E-state index >= 15 is 0 Å². The van der Waals surface area contributed by atoms with Crippen LogP contribution in [0.1, 0.15) is 12.5 Å². The number of ketones is 1. The molecule has 0 saturated heterocycles. The van der Waals surface area contributed by atoms with Crippen molar-refractivity contribution in [1.82, 2.24) is 0 Å². The van der Waals surface area contributed by atoms with Gasteiger partial charge < -0.3 is 4.74 Å².